The van der Waals surface area contributed by atoms with Crippen molar-refractivity contribution < 1.29 is 15.0 Å². The molecular formula is C14H18O3. The van der Waals surface area contributed by atoms with E-state index in [4.69, 9.17) is 5.11 Å². The maximum Gasteiger partial charge on any atom is 0.307 e. The van der Waals surface area contributed by atoms with Gasteiger partial charge in [-0.1, -0.05) is 26.0 Å². The number of hydrogen-bond donors (Lipinski definition) is 2. The largest absolute Gasteiger partial charge is 0.507 e. The molecule has 92 valence electrons. The van der Waals surface area contributed by atoms with Crippen molar-refractivity contribution in [3.8, 4) is 5.75 Å². The van der Waals surface area contributed by atoms with Gasteiger partial charge in [-0.2, -0.15) is 0 Å². The quantitative estimate of drug-likeness (QED) is 0.827. The molecule has 1 saturated carbocycles. The Morgan fingerprint density at radius 2 is 1.71 bits per heavy atom. The maximum absolute atomic E-state index is 11.1. The molecule has 0 saturated heterocycles. The normalized spacial score (nSPS) is 25.6. The fraction of sp³-hybridized carbons (Fsp3) is 0.500. The number of aryl methyl sites for hydroxylation is 2. The van der Waals surface area contributed by atoms with E-state index in [1.165, 1.54) is 0 Å². The monoisotopic (exact) mass is 234 g/mol. The number of phenols is 1. The Morgan fingerprint density at radius 1 is 1.24 bits per heavy atom. The summed E-state index contributed by atoms with van der Waals surface area (Å²) in [6, 6.07) is 3.80. The lowest BCUT2D eigenvalue weighted by molar-refractivity contribution is -0.139. The topological polar surface area (TPSA) is 57.5 Å². The van der Waals surface area contributed by atoms with Crippen molar-refractivity contribution in [2.45, 2.75) is 33.6 Å². The molecule has 0 amide bonds. The van der Waals surface area contributed by atoms with Gasteiger partial charge >= 0.3 is 5.97 Å². The predicted molar refractivity (Wildman–Crippen MR) is 65.2 cm³/mol. The fourth-order valence-corrected chi connectivity index (χ4v) is 2.89. The Hall–Kier alpha value is -1.51. The van der Waals surface area contributed by atoms with Crippen LogP contribution in [0.15, 0.2) is 12.1 Å². The van der Waals surface area contributed by atoms with E-state index in [9.17, 15) is 9.90 Å². The highest BCUT2D eigenvalue weighted by molar-refractivity contribution is 5.77. The molecule has 17 heavy (non-hydrogen) atoms. The molecule has 1 fully saturated rings. The molecule has 1 aromatic rings. The third-order valence-corrected chi connectivity index (χ3v) is 3.97. The fourth-order valence-electron chi connectivity index (χ4n) is 2.89. The van der Waals surface area contributed by atoms with Gasteiger partial charge < -0.3 is 10.2 Å². The zero-order chi connectivity index (χ0) is 13.0. The lowest BCUT2D eigenvalue weighted by Gasteiger charge is -2.08. The zero-order valence-corrected chi connectivity index (χ0v) is 10.6. The number of aromatic hydroxyl groups is 1. The van der Waals surface area contributed by atoms with Crippen molar-refractivity contribution in [3.63, 3.8) is 0 Å². The summed E-state index contributed by atoms with van der Waals surface area (Å²) in [5, 5.41) is 18.9. The molecule has 0 heterocycles. The molecule has 0 bridgehead atoms. The van der Waals surface area contributed by atoms with Gasteiger partial charge in [0.15, 0.2) is 0 Å². The highest BCUT2D eigenvalue weighted by Crippen LogP contribution is 2.64. The van der Waals surface area contributed by atoms with E-state index in [0.717, 1.165) is 16.7 Å². The second kappa shape index (κ2) is 3.49. The first kappa shape index (κ1) is 12.0. The lowest BCUT2D eigenvalue weighted by atomic mass is 9.98. The number of rotatable bonds is 2. The Kier molecular flexibility index (Phi) is 2.45. The van der Waals surface area contributed by atoms with Gasteiger partial charge in [0, 0.05) is 5.92 Å². The van der Waals surface area contributed by atoms with Crippen molar-refractivity contribution in [3.05, 3.63) is 28.8 Å². The first-order valence-corrected chi connectivity index (χ1v) is 5.79. The van der Waals surface area contributed by atoms with Crippen LogP contribution in [0.1, 0.15) is 36.5 Å². The van der Waals surface area contributed by atoms with Gasteiger partial charge in [0.2, 0.25) is 0 Å². The van der Waals surface area contributed by atoms with Crippen LogP contribution >= 0.6 is 0 Å². The Labute approximate surface area is 101 Å². The van der Waals surface area contributed by atoms with E-state index in [0.29, 0.717) is 5.75 Å². The van der Waals surface area contributed by atoms with Crippen LogP contribution < -0.4 is 0 Å². The molecule has 0 aromatic heterocycles. The summed E-state index contributed by atoms with van der Waals surface area (Å²) in [6.07, 6.45) is 0. The minimum atomic E-state index is -0.733. The third-order valence-electron chi connectivity index (χ3n) is 3.97. The van der Waals surface area contributed by atoms with E-state index >= 15 is 0 Å². The van der Waals surface area contributed by atoms with Crippen LogP contribution in [0.2, 0.25) is 0 Å². The van der Waals surface area contributed by atoms with Crippen molar-refractivity contribution in [2.75, 3.05) is 0 Å². The number of carboxylic acids is 1. The van der Waals surface area contributed by atoms with Gasteiger partial charge in [-0.3, -0.25) is 4.79 Å². The van der Waals surface area contributed by atoms with Crippen LogP contribution in [0.25, 0.3) is 0 Å². The summed E-state index contributed by atoms with van der Waals surface area (Å²) in [5.41, 5.74) is 2.45. The van der Waals surface area contributed by atoms with Crippen LogP contribution in [0, 0.1) is 25.2 Å². The first-order valence-electron chi connectivity index (χ1n) is 5.79. The standard InChI is InChI=1S/C14H18O3/c1-7-5-9(6-8(2)12(7)15)10-11(13(16)17)14(10,3)4/h5-6,10-11,15H,1-4H3,(H,16,17)/t10-,11+/m0/s1. The molecule has 1 aliphatic rings. The predicted octanol–water partition coefficient (Wildman–Crippen LogP) is 2.83. The molecule has 0 unspecified atom stereocenters. The summed E-state index contributed by atoms with van der Waals surface area (Å²) in [5.74, 6) is -0.689. The second-order valence-corrected chi connectivity index (χ2v) is 5.62. The Bertz CT molecular complexity index is 465. The van der Waals surface area contributed by atoms with E-state index in [2.05, 4.69) is 0 Å². The molecule has 3 heteroatoms. The molecule has 0 spiro atoms. The Morgan fingerprint density at radius 3 is 2.06 bits per heavy atom. The number of aliphatic carboxylic acids is 1. The summed E-state index contributed by atoms with van der Waals surface area (Å²) < 4.78 is 0. The van der Waals surface area contributed by atoms with Crippen LogP contribution in [0.5, 0.6) is 5.75 Å². The van der Waals surface area contributed by atoms with Crippen LogP contribution in [-0.4, -0.2) is 16.2 Å². The van der Waals surface area contributed by atoms with Gasteiger partial charge in [-0.25, -0.2) is 0 Å². The average molecular weight is 234 g/mol. The third kappa shape index (κ3) is 1.70. The summed E-state index contributed by atoms with van der Waals surface area (Å²) in [7, 11) is 0. The number of carbonyl (C=O) groups is 1. The van der Waals surface area contributed by atoms with Crippen LogP contribution in [0.3, 0.4) is 0 Å². The van der Waals surface area contributed by atoms with Crippen molar-refractivity contribution in [2.24, 2.45) is 11.3 Å². The molecule has 3 nitrogen and oxygen atoms in total. The number of benzene rings is 1. The van der Waals surface area contributed by atoms with E-state index in [1.54, 1.807) is 0 Å². The minimum absolute atomic E-state index is 0.0537. The van der Waals surface area contributed by atoms with Crippen molar-refractivity contribution >= 4 is 5.97 Å². The number of hydrogen-bond acceptors (Lipinski definition) is 2. The average Bonchev–Trinajstić information content (AvgIpc) is 2.77. The molecule has 0 radical (unpaired) electrons. The van der Waals surface area contributed by atoms with Crippen molar-refractivity contribution in [1.29, 1.82) is 0 Å². The smallest absolute Gasteiger partial charge is 0.307 e. The first-order chi connectivity index (χ1) is 7.76. The van der Waals surface area contributed by atoms with Gasteiger partial charge in [0.25, 0.3) is 0 Å². The van der Waals surface area contributed by atoms with Crippen LogP contribution in [-0.2, 0) is 4.79 Å². The highest BCUT2D eigenvalue weighted by atomic mass is 16.4. The minimum Gasteiger partial charge on any atom is -0.507 e. The van der Waals surface area contributed by atoms with Gasteiger partial charge in [-0.05, 0) is 36.0 Å². The molecule has 1 aliphatic carbocycles. The number of carboxylic acid groups (broad SMARTS) is 1. The molecule has 2 atom stereocenters. The zero-order valence-electron chi connectivity index (χ0n) is 10.6. The van der Waals surface area contributed by atoms with E-state index in [1.807, 2.05) is 39.8 Å². The summed E-state index contributed by atoms with van der Waals surface area (Å²) >= 11 is 0. The molecule has 0 aliphatic heterocycles. The van der Waals surface area contributed by atoms with Gasteiger partial charge in [0.05, 0.1) is 5.92 Å². The molecule has 2 rings (SSSR count). The van der Waals surface area contributed by atoms with E-state index in [-0.39, 0.29) is 17.3 Å². The Balaban J connectivity index is 2.41. The lowest BCUT2D eigenvalue weighted by Crippen LogP contribution is -2.03. The van der Waals surface area contributed by atoms with Gasteiger partial charge in [0.1, 0.15) is 5.75 Å². The van der Waals surface area contributed by atoms with Gasteiger partial charge in [-0.15, -0.1) is 0 Å². The van der Waals surface area contributed by atoms with Crippen molar-refractivity contribution in [1.82, 2.24) is 0 Å². The molecule has 1 aromatic carbocycles. The summed E-state index contributed by atoms with van der Waals surface area (Å²) in [6.45, 7) is 7.65. The molecule has 2 N–H and O–H groups in total. The number of phenolic OH excluding ortho intramolecular Hbond substituents is 1. The molecular weight excluding hydrogens is 216 g/mol. The van der Waals surface area contributed by atoms with Crippen LogP contribution in [0.4, 0.5) is 0 Å². The highest BCUT2D eigenvalue weighted by Gasteiger charge is 2.62. The SMILES string of the molecule is Cc1cc([C@H]2[C@H](C(=O)O)C2(C)C)cc(C)c1O. The maximum atomic E-state index is 11.1. The van der Waals surface area contributed by atoms with E-state index < -0.39 is 5.97 Å². The second-order valence-electron chi connectivity index (χ2n) is 5.62. The summed E-state index contributed by atoms with van der Waals surface area (Å²) in [4.78, 5) is 11.1.